The standard InChI is InChI=1S/C20H36N2O7/c1-7-11-15(23)17(25)27-19(5,21-13-9-3)29-20(6,22-14-10-4)28-18(26)16(24)12-8-2/h21-22H,7-14H2,1-6H3. The smallest absolute Gasteiger partial charge is 0.378 e. The van der Waals surface area contributed by atoms with Crippen molar-refractivity contribution in [2.24, 2.45) is 0 Å². The van der Waals surface area contributed by atoms with Crippen molar-refractivity contribution in [3.8, 4) is 0 Å². The fraction of sp³-hybridized carbons (Fsp3) is 0.800. The van der Waals surface area contributed by atoms with Gasteiger partial charge >= 0.3 is 11.9 Å². The number of Topliss-reactive ketones (excluding diaryl/α,β-unsaturated/α-hetero) is 2. The molecule has 0 radical (unpaired) electrons. The van der Waals surface area contributed by atoms with Crippen molar-refractivity contribution in [1.29, 1.82) is 0 Å². The van der Waals surface area contributed by atoms with Crippen molar-refractivity contribution in [3.63, 3.8) is 0 Å². The molecule has 0 amide bonds. The van der Waals surface area contributed by atoms with Gasteiger partial charge in [-0.1, -0.05) is 27.7 Å². The van der Waals surface area contributed by atoms with Crippen molar-refractivity contribution in [3.05, 3.63) is 0 Å². The van der Waals surface area contributed by atoms with Gasteiger partial charge in [0, 0.05) is 39.8 Å². The SMILES string of the molecule is CCCNC(C)(OC(=O)C(=O)CCC)OC(C)(NCCC)OC(=O)C(=O)CCC. The molecule has 0 spiro atoms. The van der Waals surface area contributed by atoms with E-state index in [0.29, 0.717) is 38.8 Å². The Morgan fingerprint density at radius 1 is 0.655 bits per heavy atom. The summed E-state index contributed by atoms with van der Waals surface area (Å²) in [5.74, 6) is -6.99. The van der Waals surface area contributed by atoms with Gasteiger partial charge in [0.1, 0.15) is 0 Å². The summed E-state index contributed by atoms with van der Waals surface area (Å²) < 4.78 is 16.4. The highest BCUT2D eigenvalue weighted by Gasteiger charge is 2.43. The van der Waals surface area contributed by atoms with E-state index >= 15 is 0 Å². The second kappa shape index (κ2) is 13.4. The molecule has 9 nitrogen and oxygen atoms in total. The summed E-state index contributed by atoms with van der Waals surface area (Å²) in [6, 6.07) is 0. The summed E-state index contributed by atoms with van der Waals surface area (Å²) >= 11 is 0. The number of rotatable bonds is 16. The third-order valence-corrected chi connectivity index (χ3v) is 3.77. The van der Waals surface area contributed by atoms with Crippen LogP contribution in [0.2, 0.25) is 0 Å². The van der Waals surface area contributed by atoms with Crippen LogP contribution in [0.5, 0.6) is 0 Å². The van der Waals surface area contributed by atoms with Gasteiger partial charge in [0.15, 0.2) is 0 Å². The van der Waals surface area contributed by atoms with Gasteiger partial charge in [-0.3, -0.25) is 25.0 Å². The molecule has 168 valence electrons. The van der Waals surface area contributed by atoms with E-state index in [-0.39, 0.29) is 12.8 Å². The average molecular weight is 417 g/mol. The number of nitrogens with one attached hydrogen (secondary N) is 2. The molecule has 0 aliphatic rings. The molecule has 0 rings (SSSR count). The van der Waals surface area contributed by atoms with E-state index in [1.54, 1.807) is 13.8 Å². The molecule has 0 saturated heterocycles. The van der Waals surface area contributed by atoms with Crippen LogP contribution in [-0.4, -0.2) is 48.4 Å². The zero-order valence-corrected chi connectivity index (χ0v) is 18.5. The van der Waals surface area contributed by atoms with Crippen molar-refractivity contribution in [1.82, 2.24) is 10.6 Å². The Bertz CT molecular complexity index is 519. The van der Waals surface area contributed by atoms with Crippen molar-refractivity contribution >= 4 is 23.5 Å². The van der Waals surface area contributed by atoms with Gasteiger partial charge in [-0.2, -0.15) is 0 Å². The highest BCUT2D eigenvalue weighted by molar-refractivity contribution is 6.34. The van der Waals surface area contributed by atoms with Crippen LogP contribution in [0.4, 0.5) is 0 Å². The molecule has 0 heterocycles. The average Bonchev–Trinajstić information content (AvgIpc) is 2.64. The quantitative estimate of drug-likeness (QED) is 0.221. The second-order valence-corrected chi connectivity index (χ2v) is 6.97. The van der Waals surface area contributed by atoms with Crippen molar-refractivity contribution < 1.29 is 33.4 Å². The van der Waals surface area contributed by atoms with Gasteiger partial charge in [0.2, 0.25) is 11.6 Å². The number of ketones is 2. The number of hydrogen-bond acceptors (Lipinski definition) is 9. The van der Waals surface area contributed by atoms with Crippen molar-refractivity contribution in [2.75, 3.05) is 13.1 Å². The molecule has 0 aromatic carbocycles. The first-order chi connectivity index (χ1) is 13.6. The van der Waals surface area contributed by atoms with E-state index in [0.717, 1.165) is 0 Å². The van der Waals surface area contributed by atoms with Crippen molar-refractivity contribution in [2.45, 2.75) is 91.9 Å². The highest BCUT2D eigenvalue weighted by Crippen LogP contribution is 2.21. The van der Waals surface area contributed by atoms with Crippen LogP contribution in [0.1, 0.15) is 80.1 Å². The summed E-state index contributed by atoms with van der Waals surface area (Å²) in [7, 11) is 0. The number of ether oxygens (including phenoxy) is 3. The molecule has 2 unspecified atom stereocenters. The Morgan fingerprint density at radius 2 is 1.00 bits per heavy atom. The van der Waals surface area contributed by atoms with Crippen LogP contribution in [-0.2, 0) is 33.4 Å². The summed E-state index contributed by atoms with van der Waals surface area (Å²) in [4.78, 5) is 48.0. The lowest BCUT2D eigenvalue weighted by atomic mass is 10.2. The Morgan fingerprint density at radius 3 is 1.28 bits per heavy atom. The van der Waals surface area contributed by atoms with Crippen LogP contribution < -0.4 is 10.6 Å². The van der Waals surface area contributed by atoms with Gasteiger partial charge in [-0.15, -0.1) is 0 Å². The van der Waals surface area contributed by atoms with Gasteiger partial charge in [-0.05, 0) is 25.7 Å². The molecular formula is C20H36N2O7. The number of esters is 2. The summed E-state index contributed by atoms with van der Waals surface area (Å²) in [5, 5.41) is 5.80. The van der Waals surface area contributed by atoms with Gasteiger partial charge in [0.05, 0.1) is 0 Å². The minimum atomic E-state index is -1.76. The van der Waals surface area contributed by atoms with E-state index in [9.17, 15) is 19.2 Å². The van der Waals surface area contributed by atoms with E-state index < -0.39 is 35.3 Å². The third-order valence-electron chi connectivity index (χ3n) is 3.77. The van der Waals surface area contributed by atoms with Crippen LogP contribution in [0.3, 0.4) is 0 Å². The maximum Gasteiger partial charge on any atom is 0.378 e. The Kier molecular flexibility index (Phi) is 12.5. The largest absolute Gasteiger partial charge is 0.413 e. The minimum absolute atomic E-state index is 0.0501. The molecule has 0 aliphatic carbocycles. The second-order valence-electron chi connectivity index (χ2n) is 6.97. The fourth-order valence-electron chi connectivity index (χ4n) is 2.39. The zero-order valence-electron chi connectivity index (χ0n) is 18.5. The first-order valence-corrected chi connectivity index (χ1v) is 10.3. The fourth-order valence-corrected chi connectivity index (χ4v) is 2.39. The topological polar surface area (TPSA) is 120 Å². The highest BCUT2D eigenvalue weighted by atomic mass is 16.8. The van der Waals surface area contributed by atoms with E-state index in [1.165, 1.54) is 13.8 Å². The first-order valence-electron chi connectivity index (χ1n) is 10.3. The molecule has 0 bridgehead atoms. The van der Waals surface area contributed by atoms with Gasteiger partial charge in [0.25, 0.3) is 11.8 Å². The summed E-state index contributed by atoms with van der Waals surface area (Å²) in [6.07, 6.45) is 2.48. The monoisotopic (exact) mass is 416 g/mol. The number of hydrogen-bond donors (Lipinski definition) is 2. The molecular weight excluding hydrogens is 380 g/mol. The minimum Gasteiger partial charge on any atom is -0.413 e. The predicted molar refractivity (Wildman–Crippen MR) is 106 cm³/mol. The maximum atomic E-state index is 12.2. The van der Waals surface area contributed by atoms with E-state index in [2.05, 4.69) is 10.6 Å². The lowest BCUT2D eigenvalue weighted by Crippen LogP contribution is -2.60. The first kappa shape index (κ1) is 27.2. The molecule has 2 atom stereocenters. The molecule has 0 aliphatic heterocycles. The predicted octanol–water partition coefficient (Wildman–Crippen LogP) is 2.17. The Labute approximate surface area is 173 Å². The van der Waals surface area contributed by atoms with Crippen LogP contribution in [0.25, 0.3) is 0 Å². The van der Waals surface area contributed by atoms with E-state index in [1.807, 2.05) is 13.8 Å². The van der Waals surface area contributed by atoms with Crippen LogP contribution in [0.15, 0.2) is 0 Å². The van der Waals surface area contributed by atoms with Crippen LogP contribution >= 0.6 is 0 Å². The number of carbonyl (C=O) groups excluding carboxylic acids is 4. The summed E-state index contributed by atoms with van der Waals surface area (Å²) in [5.41, 5.74) is 0. The lowest BCUT2D eigenvalue weighted by Gasteiger charge is -2.39. The van der Waals surface area contributed by atoms with Gasteiger partial charge in [-0.25, -0.2) is 9.59 Å². The normalized spacial score (nSPS) is 15.1. The molecule has 9 heteroatoms. The Hall–Kier alpha value is -1.84. The molecule has 0 fully saturated rings. The summed E-state index contributed by atoms with van der Waals surface area (Å²) in [6.45, 7) is 11.0. The number of carbonyl (C=O) groups is 4. The zero-order chi connectivity index (χ0) is 22.5. The molecule has 2 N–H and O–H groups in total. The lowest BCUT2D eigenvalue weighted by molar-refractivity contribution is -0.345. The third kappa shape index (κ3) is 10.5. The molecule has 29 heavy (non-hydrogen) atoms. The molecule has 0 aromatic rings. The Balaban J connectivity index is 5.56. The van der Waals surface area contributed by atoms with Gasteiger partial charge < -0.3 is 9.47 Å². The maximum absolute atomic E-state index is 12.2. The van der Waals surface area contributed by atoms with E-state index in [4.69, 9.17) is 14.2 Å². The van der Waals surface area contributed by atoms with Crippen LogP contribution in [0, 0.1) is 0 Å². The molecule has 0 saturated carbocycles. The molecule has 0 aromatic heterocycles.